The van der Waals surface area contributed by atoms with Crippen LogP contribution in [0.1, 0.15) is 38.5 Å². The number of aliphatic hydroxyl groups is 1. The van der Waals surface area contributed by atoms with E-state index >= 15 is 0 Å². The van der Waals surface area contributed by atoms with E-state index in [1.165, 1.54) is 0 Å². The fraction of sp³-hybridized carbons (Fsp3) is 0.857. The monoisotopic (exact) mass is 282 g/mol. The van der Waals surface area contributed by atoms with E-state index in [1.54, 1.807) is 0 Å². The van der Waals surface area contributed by atoms with Gasteiger partial charge in [0.1, 0.15) is 0 Å². The molecule has 1 N–H and O–H groups in total. The SMILES string of the molecule is CN1CCN(C)C(c2noc(CC(O)C(C)(C)C)n2)C1. The zero-order valence-corrected chi connectivity index (χ0v) is 13.1. The molecule has 6 heteroatoms. The summed E-state index contributed by atoms with van der Waals surface area (Å²) in [5.41, 5.74) is -0.184. The molecular formula is C14H26N4O2. The highest BCUT2D eigenvalue weighted by molar-refractivity contribution is 4.99. The number of aromatic nitrogens is 2. The summed E-state index contributed by atoms with van der Waals surface area (Å²) in [7, 11) is 4.18. The Bertz CT molecular complexity index is 441. The van der Waals surface area contributed by atoms with Gasteiger partial charge in [0.05, 0.1) is 18.6 Å². The van der Waals surface area contributed by atoms with Crippen molar-refractivity contribution in [3.05, 3.63) is 11.7 Å². The Morgan fingerprint density at radius 3 is 2.70 bits per heavy atom. The minimum Gasteiger partial charge on any atom is -0.392 e. The molecule has 2 atom stereocenters. The van der Waals surface area contributed by atoms with Crippen LogP contribution in [0.3, 0.4) is 0 Å². The molecule has 0 radical (unpaired) electrons. The maximum atomic E-state index is 10.1. The van der Waals surface area contributed by atoms with Gasteiger partial charge in [-0.15, -0.1) is 0 Å². The number of piperazine rings is 1. The second kappa shape index (κ2) is 5.79. The number of aliphatic hydroxyl groups excluding tert-OH is 1. The molecule has 1 aliphatic rings. The molecule has 0 saturated carbocycles. The average Bonchev–Trinajstić information content (AvgIpc) is 2.79. The predicted molar refractivity (Wildman–Crippen MR) is 76.3 cm³/mol. The molecule has 6 nitrogen and oxygen atoms in total. The average molecular weight is 282 g/mol. The smallest absolute Gasteiger partial charge is 0.229 e. The van der Waals surface area contributed by atoms with Crippen molar-refractivity contribution in [2.75, 3.05) is 33.7 Å². The molecule has 114 valence electrons. The molecule has 0 spiro atoms. The van der Waals surface area contributed by atoms with Gasteiger partial charge in [-0.1, -0.05) is 25.9 Å². The van der Waals surface area contributed by atoms with Gasteiger partial charge in [-0.2, -0.15) is 4.98 Å². The molecule has 1 aliphatic heterocycles. The topological polar surface area (TPSA) is 65.6 Å². The summed E-state index contributed by atoms with van der Waals surface area (Å²) in [6.07, 6.45) is -0.0782. The van der Waals surface area contributed by atoms with Crippen LogP contribution in [0.5, 0.6) is 0 Å². The first-order chi connectivity index (χ1) is 9.27. The lowest BCUT2D eigenvalue weighted by Gasteiger charge is -2.35. The molecule has 0 amide bonds. The summed E-state index contributed by atoms with van der Waals surface area (Å²) in [6, 6.07) is 0.165. The second-order valence-corrected chi connectivity index (χ2v) is 6.89. The van der Waals surface area contributed by atoms with Crippen LogP contribution in [0, 0.1) is 5.41 Å². The van der Waals surface area contributed by atoms with Crippen LogP contribution in [-0.2, 0) is 6.42 Å². The van der Waals surface area contributed by atoms with Gasteiger partial charge in [-0.05, 0) is 19.5 Å². The summed E-state index contributed by atoms with van der Waals surface area (Å²) < 4.78 is 5.30. The highest BCUT2D eigenvalue weighted by Crippen LogP contribution is 2.24. The van der Waals surface area contributed by atoms with Gasteiger partial charge >= 0.3 is 0 Å². The first-order valence-corrected chi connectivity index (χ1v) is 7.16. The third kappa shape index (κ3) is 3.56. The molecule has 1 aromatic heterocycles. The molecule has 2 heterocycles. The maximum Gasteiger partial charge on any atom is 0.229 e. The third-order valence-electron chi connectivity index (χ3n) is 4.00. The summed E-state index contributed by atoms with van der Waals surface area (Å²) in [4.78, 5) is 8.98. The van der Waals surface area contributed by atoms with Crippen molar-refractivity contribution >= 4 is 0 Å². The predicted octanol–water partition coefficient (Wildman–Crippen LogP) is 0.937. The van der Waals surface area contributed by atoms with Crippen LogP contribution < -0.4 is 0 Å². The van der Waals surface area contributed by atoms with Crippen LogP contribution in [-0.4, -0.2) is 64.9 Å². The number of nitrogens with zero attached hydrogens (tertiary/aromatic N) is 4. The van der Waals surface area contributed by atoms with Crippen LogP contribution in [0.25, 0.3) is 0 Å². The van der Waals surface area contributed by atoms with Crippen molar-refractivity contribution in [2.45, 2.75) is 39.3 Å². The lowest BCUT2D eigenvalue weighted by atomic mass is 9.87. The van der Waals surface area contributed by atoms with Gasteiger partial charge < -0.3 is 14.5 Å². The lowest BCUT2D eigenvalue weighted by molar-refractivity contribution is 0.0565. The molecular weight excluding hydrogens is 256 g/mol. The van der Waals surface area contributed by atoms with Gasteiger partial charge in [-0.25, -0.2) is 0 Å². The van der Waals surface area contributed by atoms with E-state index in [9.17, 15) is 5.11 Å². The largest absolute Gasteiger partial charge is 0.392 e. The molecule has 2 rings (SSSR count). The number of hydrogen-bond acceptors (Lipinski definition) is 6. The Morgan fingerprint density at radius 2 is 2.05 bits per heavy atom. The molecule has 0 aromatic carbocycles. The fourth-order valence-corrected chi connectivity index (χ4v) is 2.25. The number of hydrogen-bond donors (Lipinski definition) is 1. The molecule has 1 fully saturated rings. The number of rotatable bonds is 3. The Hall–Kier alpha value is -0.980. The molecule has 1 saturated heterocycles. The van der Waals surface area contributed by atoms with Crippen molar-refractivity contribution in [2.24, 2.45) is 5.41 Å². The van der Waals surface area contributed by atoms with E-state index in [-0.39, 0.29) is 11.5 Å². The van der Waals surface area contributed by atoms with Crippen LogP contribution in [0.4, 0.5) is 0 Å². The molecule has 0 bridgehead atoms. The zero-order valence-electron chi connectivity index (χ0n) is 13.1. The van der Waals surface area contributed by atoms with Crippen molar-refractivity contribution in [3.8, 4) is 0 Å². The van der Waals surface area contributed by atoms with E-state index < -0.39 is 6.10 Å². The standard InChI is InChI=1S/C14H26N4O2/c1-14(2,3)11(19)8-12-15-13(16-20-12)10-9-17(4)6-7-18(10)5/h10-11,19H,6-9H2,1-5H3. The molecule has 0 aliphatic carbocycles. The molecule has 20 heavy (non-hydrogen) atoms. The Balaban J connectivity index is 2.05. The normalized spacial score (nSPS) is 24.0. The highest BCUT2D eigenvalue weighted by Gasteiger charge is 2.29. The second-order valence-electron chi connectivity index (χ2n) is 6.89. The van der Waals surface area contributed by atoms with Crippen molar-refractivity contribution in [1.29, 1.82) is 0 Å². The third-order valence-corrected chi connectivity index (χ3v) is 4.00. The van der Waals surface area contributed by atoms with E-state index in [2.05, 4.69) is 34.0 Å². The van der Waals surface area contributed by atoms with Gasteiger partial charge in [0.25, 0.3) is 0 Å². The lowest BCUT2D eigenvalue weighted by Crippen LogP contribution is -2.45. The quantitative estimate of drug-likeness (QED) is 0.890. The van der Waals surface area contributed by atoms with E-state index in [1.807, 2.05) is 20.8 Å². The Labute approximate surface area is 120 Å². The van der Waals surface area contributed by atoms with Gasteiger partial charge in [0, 0.05) is 19.6 Å². The minimum atomic E-state index is -0.484. The highest BCUT2D eigenvalue weighted by atomic mass is 16.5. The van der Waals surface area contributed by atoms with E-state index in [4.69, 9.17) is 4.52 Å². The van der Waals surface area contributed by atoms with E-state index in [0.29, 0.717) is 12.3 Å². The molecule has 1 aromatic rings. The summed E-state index contributed by atoms with van der Waals surface area (Å²) in [5, 5.41) is 14.2. The minimum absolute atomic E-state index is 0.165. The fourth-order valence-electron chi connectivity index (χ4n) is 2.25. The van der Waals surface area contributed by atoms with Gasteiger partial charge in [0.2, 0.25) is 5.89 Å². The zero-order chi connectivity index (χ0) is 14.9. The number of likely N-dealkylation sites (N-methyl/N-ethyl adjacent to an activating group) is 2. The van der Waals surface area contributed by atoms with Crippen LogP contribution >= 0.6 is 0 Å². The molecule has 2 unspecified atom stereocenters. The first-order valence-electron chi connectivity index (χ1n) is 7.16. The van der Waals surface area contributed by atoms with Gasteiger partial charge in [-0.3, -0.25) is 4.90 Å². The van der Waals surface area contributed by atoms with Gasteiger partial charge in [0.15, 0.2) is 5.82 Å². The first kappa shape index (κ1) is 15.4. The van der Waals surface area contributed by atoms with Crippen molar-refractivity contribution < 1.29 is 9.63 Å². The Morgan fingerprint density at radius 1 is 1.35 bits per heavy atom. The van der Waals surface area contributed by atoms with Crippen molar-refractivity contribution in [3.63, 3.8) is 0 Å². The maximum absolute atomic E-state index is 10.1. The van der Waals surface area contributed by atoms with Crippen molar-refractivity contribution in [1.82, 2.24) is 19.9 Å². The van der Waals surface area contributed by atoms with E-state index in [0.717, 1.165) is 25.5 Å². The van der Waals surface area contributed by atoms with Crippen LogP contribution in [0.2, 0.25) is 0 Å². The Kier molecular flexibility index (Phi) is 4.46. The van der Waals surface area contributed by atoms with Crippen LogP contribution in [0.15, 0.2) is 4.52 Å². The summed E-state index contributed by atoms with van der Waals surface area (Å²) in [6.45, 7) is 8.95. The summed E-state index contributed by atoms with van der Waals surface area (Å²) in [5.74, 6) is 1.24. The summed E-state index contributed by atoms with van der Waals surface area (Å²) >= 11 is 0.